The van der Waals surface area contributed by atoms with Gasteiger partial charge in [-0.3, -0.25) is 0 Å². The maximum atomic E-state index is 6.35. The van der Waals surface area contributed by atoms with Gasteiger partial charge in [0.2, 0.25) is 0 Å². The molecule has 0 aliphatic heterocycles. The minimum Gasteiger partial charge on any atom is -0.113 e. The van der Waals surface area contributed by atoms with Crippen molar-refractivity contribution in [2.45, 2.75) is 5.38 Å². The Hall–Kier alpha value is 0.270. The fraction of sp³-hybridized carbons (Fsp3) is 0.0909. The number of hydrogen-bond donors (Lipinski definition) is 0. The van der Waals surface area contributed by atoms with Gasteiger partial charge in [-0.05, 0) is 23.8 Å². The third-order valence-electron chi connectivity index (χ3n) is 2.12. The fourth-order valence-electron chi connectivity index (χ4n) is 1.34. The summed E-state index contributed by atoms with van der Waals surface area (Å²) in [6.07, 6.45) is 0. The first-order valence-corrected chi connectivity index (χ1v) is 7.22. The normalized spacial score (nSPS) is 12.8. The molecule has 1 aromatic heterocycles. The van der Waals surface area contributed by atoms with E-state index in [2.05, 4.69) is 15.9 Å². The third-order valence-corrected chi connectivity index (χ3v) is 4.65. The lowest BCUT2D eigenvalue weighted by molar-refractivity contribution is 1.15. The van der Waals surface area contributed by atoms with Crippen molar-refractivity contribution in [2.75, 3.05) is 0 Å². The number of rotatable bonds is 2. The minimum absolute atomic E-state index is 0.260. The molecule has 1 atom stereocenters. The Morgan fingerprint density at radius 1 is 1.12 bits per heavy atom. The highest BCUT2D eigenvalue weighted by Gasteiger charge is 2.16. The third kappa shape index (κ3) is 2.74. The van der Waals surface area contributed by atoms with Crippen LogP contribution < -0.4 is 0 Å². The molecule has 0 radical (unpaired) electrons. The number of thiophene rings is 1. The first-order valence-electron chi connectivity index (χ1n) is 4.42. The van der Waals surface area contributed by atoms with Crippen LogP contribution in [0.2, 0.25) is 8.67 Å². The molecule has 0 N–H and O–H groups in total. The van der Waals surface area contributed by atoms with Crippen molar-refractivity contribution in [1.82, 2.24) is 0 Å². The second-order valence-corrected chi connectivity index (χ2v) is 6.83. The summed E-state index contributed by atoms with van der Waals surface area (Å²) in [5.74, 6) is 0. The summed E-state index contributed by atoms with van der Waals surface area (Å²) in [6.45, 7) is 0. The summed E-state index contributed by atoms with van der Waals surface area (Å²) in [5.41, 5.74) is 1.86. The van der Waals surface area contributed by atoms with Crippen LogP contribution in [0.3, 0.4) is 0 Å². The van der Waals surface area contributed by atoms with E-state index in [1.165, 1.54) is 11.3 Å². The highest BCUT2D eigenvalue weighted by atomic mass is 79.9. The van der Waals surface area contributed by atoms with Crippen molar-refractivity contribution >= 4 is 62.1 Å². The van der Waals surface area contributed by atoms with Crippen molar-refractivity contribution in [3.05, 3.63) is 54.6 Å². The molecule has 0 aliphatic carbocycles. The summed E-state index contributed by atoms with van der Waals surface area (Å²) in [7, 11) is 0. The smallest absolute Gasteiger partial charge is 0.0994 e. The first kappa shape index (κ1) is 12.7. The van der Waals surface area contributed by atoms with Gasteiger partial charge in [-0.2, -0.15) is 0 Å². The summed E-state index contributed by atoms with van der Waals surface area (Å²) in [5, 5.41) is -0.260. The molecule has 1 unspecified atom stereocenters. The molecule has 0 spiro atoms. The molecule has 16 heavy (non-hydrogen) atoms. The molecular formula is C11H6BrCl3S. The summed E-state index contributed by atoms with van der Waals surface area (Å²) >= 11 is 23.0. The van der Waals surface area contributed by atoms with Gasteiger partial charge in [0.15, 0.2) is 0 Å². The van der Waals surface area contributed by atoms with E-state index in [0.29, 0.717) is 8.67 Å². The number of hydrogen-bond acceptors (Lipinski definition) is 1. The second-order valence-electron chi connectivity index (χ2n) is 3.19. The lowest BCUT2D eigenvalue weighted by atomic mass is 10.1. The van der Waals surface area contributed by atoms with Crippen LogP contribution in [-0.2, 0) is 0 Å². The average Bonchev–Trinajstić information content (AvgIpc) is 2.58. The molecule has 0 nitrogen and oxygen atoms in total. The number of alkyl halides is 1. The molecule has 5 heteroatoms. The maximum Gasteiger partial charge on any atom is 0.0994 e. The molecule has 2 rings (SSSR count). The second kappa shape index (κ2) is 5.28. The molecule has 1 heterocycles. The first-order chi connectivity index (χ1) is 7.58. The highest BCUT2D eigenvalue weighted by molar-refractivity contribution is 9.10. The minimum atomic E-state index is -0.260. The van der Waals surface area contributed by atoms with Crippen LogP contribution in [0.5, 0.6) is 0 Å². The Morgan fingerprint density at radius 2 is 1.75 bits per heavy atom. The van der Waals surface area contributed by atoms with E-state index in [9.17, 15) is 0 Å². The largest absolute Gasteiger partial charge is 0.113 e. The standard InChI is InChI=1S/C11H6BrCl3S/c12-7-3-1-6(2-4-7)10(14)8-5-9(13)16-11(8)15/h1-5,10H. The van der Waals surface area contributed by atoms with Crippen LogP contribution in [0, 0.1) is 0 Å². The molecule has 0 aliphatic rings. The van der Waals surface area contributed by atoms with Crippen molar-refractivity contribution in [1.29, 1.82) is 0 Å². The van der Waals surface area contributed by atoms with Crippen molar-refractivity contribution in [3.63, 3.8) is 0 Å². The maximum absolute atomic E-state index is 6.35. The predicted octanol–water partition coefficient (Wildman–Crippen LogP) is 6.15. The van der Waals surface area contributed by atoms with Crippen LogP contribution in [0.25, 0.3) is 0 Å². The van der Waals surface area contributed by atoms with Gasteiger partial charge in [0, 0.05) is 10.0 Å². The van der Waals surface area contributed by atoms with Crippen LogP contribution in [0.1, 0.15) is 16.5 Å². The van der Waals surface area contributed by atoms with E-state index in [0.717, 1.165) is 15.6 Å². The van der Waals surface area contributed by atoms with Crippen LogP contribution in [-0.4, -0.2) is 0 Å². The summed E-state index contributed by atoms with van der Waals surface area (Å²) in [6, 6.07) is 9.64. The van der Waals surface area contributed by atoms with Crippen molar-refractivity contribution < 1.29 is 0 Å². The van der Waals surface area contributed by atoms with E-state index in [1.807, 2.05) is 30.3 Å². The van der Waals surface area contributed by atoms with Gasteiger partial charge in [0.05, 0.1) is 14.0 Å². The fourth-order valence-corrected chi connectivity index (χ4v) is 3.57. The van der Waals surface area contributed by atoms with Crippen LogP contribution in [0.4, 0.5) is 0 Å². The summed E-state index contributed by atoms with van der Waals surface area (Å²) < 4.78 is 2.32. The van der Waals surface area contributed by atoms with E-state index in [-0.39, 0.29) is 5.38 Å². The topological polar surface area (TPSA) is 0 Å². The van der Waals surface area contributed by atoms with E-state index >= 15 is 0 Å². The van der Waals surface area contributed by atoms with Gasteiger partial charge in [-0.25, -0.2) is 0 Å². The molecule has 0 fully saturated rings. The number of benzene rings is 1. The molecule has 84 valence electrons. The molecule has 0 saturated heterocycles. The molecule has 0 amide bonds. The van der Waals surface area contributed by atoms with Gasteiger partial charge in [0.25, 0.3) is 0 Å². The monoisotopic (exact) mass is 354 g/mol. The SMILES string of the molecule is Clc1cc(C(Cl)c2ccc(Br)cc2)c(Cl)s1. The van der Waals surface area contributed by atoms with Gasteiger partial charge in [-0.15, -0.1) is 22.9 Å². The Morgan fingerprint density at radius 3 is 2.25 bits per heavy atom. The Kier molecular flexibility index (Phi) is 4.20. The van der Waals surface area contributed by atoms with E-state index in [4.69, 9.17) is 34.8 Å². The van der Waals surface area contributed by atoms with Crippen LogP contribution >= 0.6 is 62.1 Å². The van der Waals surface area contributed by atoms with Gasteiger partial charge in [-0.1, -0.05) is 51.3 Å². The van der Waals surface area contributed by atoms with Crippen LogP contribution in [0.15, 0.2) is 34.8 Å². The number of halogens is 4. The van der Waals surface area contributed by atoms with Crippen molar-refractivity contribution in [2.24, 2.45) is 0 Å². The zero-order valence-corrected chi connectivity index (χ0v) is 12.6. The average molecular weight is 356 g/mol. The predicted molar refractivity (Wildman–Crippen MR) is 76.2 cm³/mol. The van der Waals surface area contributed by atoms with Gasteiger partial charge >= 0.3 is 0 Å². The van der Waals surface area contributed by atoms with Crippen molar-refractivity contribution in [3.8, 4) is 0 Å². The molecule has 0 saturated carbocycles. The summed E-state index contributed by atoms with van der Waals surface area (Å²) in [4.78, 5) is 0. The van der Waals surface area contributed by atoms with E-state index in [1.54, 1.807) is 0 Å². The quantitative estimate of drug-likeness (QED) is 0.567. The van der Waals surface area contributed by atoms with E-state index < -0.39 is 0 Å². The lowest BCUT2D eigenvalue weighted by Crippen LogP contribution is -1.91. The zero-order chi connectivity index (χ0) is 11.7. The Balaban J connectivity index is 2.35. The molecular weight excluding hydrogens is 350 g/mol. The Labute approximate surface area is 121 Å². The highest BCUT2D eigenvalue weighted by Crippen LogP contribution is 2.40. The Bertz CT molecular complexity index is 492. The van der Waals surface area contributed by atoms with Gasteiger partial charge in [0.1, 0.15) is 0 Å². The lowest BCUT2D eigenvalue weighted by Gasteiger charge is -2.08. The molecule has 1 aromatic carbocycles. The van der Waals surface area contributed by atoms with Gasteiger partial charge < -0.3 is 0 Å². The molecule has 2 aromatic rings. The zero-order valence-electron chi connectivity index (χ0n) is 7.88. The molecule has 0 bridgehead atoms.